The number of aliphatic hydroxyl groups excluding tert-OH is 1. The Morgan fingerprint density at radius 3 is 1.73 bits per heavy atom. The molecular formula is C3H6KN2O5+. The minimum absolute atomic E-state index is 0. The number of hydrogen-bond acceptors (Lipinski definition) is 5. The fourth-order valence-electron chi connectivity index (χ4n) is 0.403. The number of nitro groups is 2. The van der Waals surface area contributed by atoms with E-state index in [4.69, 9.17) is 5.11 Å². The van der Waals surface area contributed by atoms with Crippen LogP contribution in [0, 0.1) is 20.2 Å². The third-order valence-corrected chi connectivity index (χ3v) is 0.874. The zero-order valence-electron chi connectivity index (χ0n) is 5.97. The van der Waals surface area contributed by atoms with E-state index in [1.54, 1.807) is 0 Å². The quantitative estimate of drug-likeness (QED) is 0.211. The fraction of sp³-hybridized carbons (Fsp3) is 1.00. The van der Waals surface area contributed by atoms with Crippen molar-refractivity contribution in [1.82, 2.24) is 0 Å². The van der Waals surface area contributed by atoms with Gasteiger partial charge in [0.25, 0.3) is 0 Å². The van der Waals surface area contributed by atoms with Crippen LogP contribution < -0.4 is 51.4 Å². The van der Waals surface area contributed by atoms with Crippen LogP contribution in [0.5, 0.6) is 0 Å². The van der Waals surface area contributed by atoms with Crippen molar-refractivity contribution in [3.63, 3.8) is 0 Å². The molecule has 0 unspecified atom stereocenters. The van der Waals surface area contributed by atoms with E-state index in [1.807, 2.05) is 0 Å². The summed E-state index contributed by atoms with van der Waals surface area (Å²) in [7, 11) is 0. The molecule has 8 heteroatoms. The van der Waals surface area contributed by atoms with Crippen molar-refractivity contribution >= 4 is 0 Å². The zero-order chi connectivity index (χ0) is 8.15. The van der Waals surface area contributed by atoms with E-state index in [2.05, 4.69) is 0 Å². The molecule has 1 N–H and O–H groups in total. The molecule has 0 atom stereocenters. The van der Waals surface area contributed by atoms with Gasteiger partial charge in [0.15, 0.2) is 0 Å². The minimum Gasteiger partial charge on any atom is -0.396 e. The maximum absolute atomic E-state index is 9.78. The summed E-state index contributed by atoms with van der Waals surface area (Å²) in [6, 6.07) is 0. The van der Waals surface area contributed by atoms with Crippen LogP contribution >= 0.6 is 0 Å². The molecule has 0 spiro atoms. The average Bonchev–Trinajstić information content (AvgIpc) is 1.81. The van der Waals surface area contributed by atoms with Crippen LogP contribution in [0.2, 0.25) is 0 Å². The van der Waals surface area contributed by atoms with Crippen LogP contribution in [-0.2, 0) is 0 Å². The van der Waals surface area contributed by atoms with Gasteiger partial charge >= 0.3 is 57.6 Å². The van der Waals surface area contributed by atoms with Crippen LogP contribution in [0.1, 0.15) is 6.42 Å². The number of aliphatic hydroxyl groups is 1. The van der Waals surface area contributed by atoms with Crippen LogP contribution in [-0.4, -0.2) is 27.7 Å². The molecule has 0 fully saturated rings. The Morgan fingerprint density at radius 2 is 1.64 bits per heavy atom. The average molecular weight is 189 g/mol. The van der Waals surface area contributed by atoms with Gasteiger partial charge in [0, 0.05) is 0 Å². The molecule has 0 aromatic heterocycles. The first-order valence-electron chi connectivity index (χ1n) is 2.47. The van der Waals surface area contributed by atoms with Crippen LogP contribution in [0.3, 0.4) is 0 Å². The normalized spacial score (nSPS) is 8.91. The summed E-state index contributed by atoms with van der Waals surface area (Å²) in [5, 5.41) is 27.7. The fourth-order valence-corrected chi connectivity index (χ4v) is 0.403. The molecule has 58 valence electrons. The van der Waals surface area contributed by atoms with Crippen molar-refractivity contribution in [2.75, 3.05) is 6.61 Å². The monoisotopic (exact) mass is 189 g/mol. The summed E-state index contributed by atoms with van der Waals surface area (Å²) in [6.45, 7) is -0.549. The van der Waals surface area contributed by atoms with Gasteiger partial charge in [-0.3, -0.25) is 20.2 Å². The second kappa shape index (κ2) is 7.07. The topological polar surface area (TPSA) is 107 Å². The standard InChI is InChI=1S/C3H6N2O5.K/c6-2-1-3(4(7)8)5(9)10;/h3,6H,1-2H2;/q;+1. The third-order valence-electron chi connectivity index (χ3n) is 0.874. The predicted molar refractivity (Wildman–Crippen MR) is 29.5 cm³/mol. The molecule has 0 heterocycles. The third kappa shape index (κ3) is 5.64. The van der Waals surface area contributed by atoms with E-state index in [0.29, 0.717) is 0 Å². The van der Waals surface area contributed by atoms with Gasteiger partial charge in [-0.15, -0.1) is 0 Å². The Balaban J connectivity index is 0. The molecule has 0 aliphatic carbocycles. The number of rotatable bonds is 4. The van der Waals surface area contributed by atoms with Gasteiger partial charge in [0.05, 0.1) is 16.5 Å². The van der Waals surface area contributed by atoms with E-state index in [0.717, 1.165) is 0 Å². The molecule has 7 nitrogen and oxygen atoms in total. The minimum atomic E-state index is -1.87. The first-order chi connectivity index (χ1) is 4.59. The van der Waals surface area contributed by atoms with Crippen LogP contribution in [0.4, 0.5) is 0 Å². The molecule has 0 radical (unpaired) electrons. The predicted octanol–water partition coefficient (Wildman–Crippen LogP) is -3.75. The molecular weight excluding hydrogens is 183 g/mol. The van der Waals surface area contributed by atoms with Crippen LogP contribution in [0.15, 0.2) is 0 Å². The summed E-state index contributed by atoms with van der Waals surface area (Å²) in [4.78, 5) is 17.5. The Bertz CT molecular complexity index is 137. The second-order valence-corrected chi connectivity index (χ2v) is 1.56. The van der Waals surface area contributed by atoms with Crippen molar-refractivity contribution < 1.29 is 66.3 Å². The van der Waals surface area contributed by atoms with Crippen LogP contribution in [0.25, 0.3) is 0 Å². The summed E-state index contributed by atoms with van der Waals surface area (Å²) >= 11 is 0. The van der Waals surface area contributed by atoms with Crippen molar-refractivity contribution in [3.8, 4) is 0 Å². The second-order valence-electron chi connectivity index (χ2n) is 1.56. The van der Waals surface area contributed by atoms with Gasteiger partial charge < -0.3 is 5.11 Å². The SMILES string of the molecule is O=[N+]([O-])C(CCO)[N+](=O)[O-].[K+]. The Labute approximate surface area is 104 Å². The summed E-state index contributed by atoms with van der Waals surface area (Å²) in [6.07, 6.45) is -2.31. The van der Waals surface area contributed by atoms with Crippen molar-refractivity contribution in [2.24, 2.45) is 0 Å². The molecule has 0 bridgehead atoms. The summed E-state index contributed by atoms with van der Waals surface area (Å²) in [5.41, 5.74) is 0. The number of hydrogen-bond donors (Lipinski definition) is 1. The maximum atomic E-state index is 9.78. The smallest absolute Gasteiger partial charge is 0.396 e. The Hall–Kier alpha value is 0.396. The molecule has 0 aliphatic rings. The van der Waals surface area contributed by atoms with Gasteiger partial charge in [0.1, 0.15) is 6.42 Å². The molecule has 0 saturated heterocycles. The van der Waals surface area contributed by atoms with E-state index in [-0.39, 0.29) is 51.4 Å². The van der Waals surface area contributed by atoms with Crippen molar-refractivity contribution in [1.29, 1.82) is 0 Å². The molecule has 0 amide bonds. The molecule has 0 aliphatic heterocycles. The number of nitrogens with zero attached hydrogens (tertiary/aromatic N) is 2. The van der Waals surface area contributed by atoms with E-state index in [1.165, 1.54) is 0 Å². The Morgan fingerprint density at radius 1 is 1.27 bits per heavy atom. The van der Waals surface area contributed by atoms with Gasteiger partial charge in [-0.05, 0) is 0 Å². The molecule has 11 heavy (non-hydrogen) atoms. The van der Waals surface area contributed by atoms with Gasteiger partial charge in [-0.1, -0.05) is 0 Å². The van der Waals surface area contributed by atoms with Crippen molar-refractivity contribution in [3.05, 3.63) is 20.2 Å². The first-order valence-corrected chi connectivity index (χ1v) is 2.47. The van der Waals surface area contributed by atoms with E-state index >= 15 is 0 Å². The van der Waals surface area contributed by atoms with E-state index in [9.17, 15) is 20.2 Å². The summed E-state index contributed by atoms with van der Waals surface area (Å²) < 4.78 is 0. The zero-order valence-corrected chi connectivity index (χ0v) is 9.09. The van der Waals surface area contributed by atoms with Gasteiger partial charge in [0.2, 0.25) is 0 Å². The van der Waals surface area contributed by atoms with Gasteiger partial charge in [-0.25, -0.2) is 0 Å². The first kappa shape index (κ1) is 14.0. The Kier molecular flexibility index (Phi) is 8.96. The van der Waals surface area contributed by atoms with Crippen molar-refractivity contribution in [2.45, 2.75) is 12.6 Å². The van der Waals surface area contributed by atoms with Gasteiger partial charge in [-0.2, -0.15) is 0 Å². The molecule has 0 saturated carbocycles. The molecule has 0 aromatic rings. The maximum Gasteiger partial charge on any atom is 1.00 e. The largest absolute Gasteiger partial charge is 1.00 e. The summed E-state index contributed by atoms with van der Waals surface area (Å²) in [5.74, 6) is 0. The molecule has 0 rings (SSSR count). The molecule has 0 aromatic carbocycles. The van der Waals surface area contributed by atoms with E-state index < -0.39 is 29.0 Å².